The fourth-order valence-corrected chi connectivity index (χ4v) is 4.40. The minimum atomic E-state index is -0.945. The molecule has 0 saturated carbocycles. The molecule has 35 heavy (non-hydrogen) atoms. The summed E-state index contributed by atoms with van der Waals surface area (Å²) in [5, 5.41) is 5.65. The minimum absolute atomic E-state index is 0.125. The third-order valence-corrected chi connectivity index (χ3v) is 6.39. The summed E-state index contributed by atoms with van der Waals surface area (Å²) in [5.41, 5.74) is 2.09. The van der Waals surface area contributed by atoms with E-state index in [0.717, 1.165) is 15.7 Å². The number of ketones is 1. The second-order valence-electron chi connectivity index (χ2n) is 8.37. The van der Waals surface area contributed by atoms with E-state index in [9.17, 15) is 18.8 Å². The third kappa shape index (κ3) is 6.33. The van der Waals surface area contributed by atoms with Crippen molar-refractivity contribution in [2.75, 3.05) is 23.3 Å². The van der Waals surface area contributed by atoms with Crippen molar-refractivity contribution in [2.24, 2.45) is 0 Å². The molecule has 3 aromatic rings. The second-order valence-corrected chi connectivity index (χ2v) is 9.29. The van der Waals surface area contributed by atoms with Crippen molar-refractivity contribution in [2.45, 2.75) is 25.3 Å². The van der Waals surface area contributed by atoms with Crippen LogP contribution in [-0.2, 0) is 16.0 Å². The smallest absolute Gasteiger partial charge is 0.254 e. The summed E-state index contributed by atoms with van der Waals surface area (Å²) in [6, 6.07) is 19.6. The largest absolute Gasteiger partial charge is 0.369 e. The van der Waals surface area contributed by atoms with Gasteiger partial charge in [0.15, 0.2) is 0 Å². The fraction of sp³-hybridized carbons (Fsp3) is 0.222. The number of piperidine rings is 1. The number of rotatable bonds is 7. The highest BCUT2D eigenvalue weighted by atomic mass is 79.9. The number of Topliss-reactive ketones (excluding diaryl/α,β-unsaturated/α-hetero) is 1. The van der Waals surface area contributed by atoms with Crippen molar-refractivity contribution < 1.29 is 18.8 Å². The first kappa shape index (κ1) is 24.6. The summed E-state index contributed by atoms with van der Waals surface area (Å²) in [7, 11) is 0. The van der Waals surface area contributed by atoms with Gasteiger partial charge in [0.2, 0.25) is 5.91 Å². The monoisotopic (exact) mass is 537 g/mol. The van der Waals surface area contributed by atoms with Crippen LogP contribution in [0.4, 0.5) is 15.8 Å². The van der Waals surface area contributed by atoms with Crippen LogP contribution in [0.2, 0.25) is 0 Å². The molecule has 8 heteroatoms. The summed E-state index contributed by atoms with van der Waals surface area (Å²) in [6.07, 6.45) is 1.14. The maximum absolute atomic E-state index is 14.2. The molecule has 1 unspecified atom stereocenters. The molecular formula is C27H25BrFN3O3. The number of halogens is 2. The molecule has 1 aliphatic heterocycles. The van der Waals surface area contributed by atoms with Crippen LogP contribution in [0.3, 0.4) is 0 Å². The van der Waals surface area contributed by atoms with E-state index in [0.29, 0.717) is 31.6 Å². The Morgan fingerprint density at radius 1 is 0.971 bits per heavy atom. The van der Waals surface area contributed by atoms with Crippen molar-refractivity contribution in [3.05, 3.63) is 94.2 Å². The van der Waals surface area contributed by atoms with Crippen LogP contribution in [-0.4, -0.2) is 36.7 Å². The molecule has 1 saturated heterocycles. The number of hydrogen-bond acceptors (Lipinski definition) is 4. The van der Waals surface area contributed by atoms with E-state index in [1.165, 1.54) is 18.2 Å². The lowest BCUT2D eigenvalue weighted by Crippen LogP contribution is -2.45. The Balaban J connectivity index is 1.58. The number of amides is 2. The van der Waals surface area contributed by atoms with Crippen molar-refractivity contribution in [3.8, 4) is 0 Å². The van der Waals surface area contributed by atoms with Gasteiger partial charge in [-0.15, -0.1) is 0 Å². The van der Waals surface area contributed by atoms with Gasteiger partial charge in [0.25, 0.3) is 5.91 Å². The van der Waals surface area contributed by atoms with Gasteiger partial charge in [0.1, 0.15) is 17.6 Å². The van der Waals surface area contributed by atoms with Gasteiger partial charge in [0.05, 0.1) is 16.9 Å². The van der Waals surface area contributed by atoms with Crippen LogP contribution in [0, 0.1) is 5.82 Å². The van der Waals surface area contributed by atoms with E-state index in [-0.39, 0.29) is 17.8 Å². The molecule has 3 aromatic carbocycles. The van der Waals surface area contributed by atoms with Crippen molar-refractivity contribution in [1.82, 2.24) is 5.32 Å². The topological polar surface area (TPSA) is 78.5 Å². The van der Waals surface area contributed by atoms with Crippen LogP contribution in [0.15, 0.2) is 77.3 Å². The highest BCUT2D eigenvalue weighted by molar-refractivity contribution is 9.10. The van der Waals surface area contributed by atoms with Gasteiger partial charge in [-0.1, -0.05) is 58.4 Å². The molecule has 1 heterocycles. The van der Waals surface area contributed by atoms with Crippen molar-refractivity contribution >= 4 is 44.9 Å². The van der Waals surface area contributed by atoms with Gasteiger partial charge in [-0.05, 0) is 35.9 Å². The average molecular weight is 538 g/mol. The lowest BCUT2D eigenvalue weighted by molar-refractivity contribution is -0.119. The molecule has 2 N–H and O–H groups in total. The van der Waals surface area contributed by atoms with E-state index in [2.05, 4.69) is 31.5 Å². The van der Waals surface area contributed by atoms with Crippen LogP contribution in [0.25, 0.3) is 0 Å². The molecule has 1 atom stereocenters. The average Bonchev–Trinajstić information content (AvgIpc) is 2.85. The minimum Gasteiger partial charge on any atom is -0.369 e. The second kappa shape index (κ2) is 11.3. The van der Waals surface area contributed by atoms with Gasteiger partial charge in [-0.3, -0.25) is 14.4 Å². The highest BCUT2D eigenvalue weighted by Gasteiger charge is 2.25. The molecular weight excluding hydrogens is 513 g/mol. The normalized spacial score (nSPS) is 14.3. The standard InChI is InChI=1S/C27H25BrFN3O3/c28-19-10-11-25(32-14-12-20(33)13-15-32)23(17-19)30-27(35)24(16-18-6-2-1-3-7-18)31-26(34)21-8-4-5-9-22(21)29/h1-11,17,24H,12-16H2,(H,30,35)(H,31,34). The Morgan fingerprint density at radius 3 is 2.37 bits per heavy atom. The van der Waals surface area contributed by atoms with E-state index in [1.54, 1.807) is 12.1 Å². The van der Waals surface area contributed by atoms with Crippen LogP contribution in [0.1, 0.15) is 28.8 Å². The predicted molar refractivity (Wildman–Crippen MR) is 137 cm³/mol. The SMILES string of the molecule is O=C1CCN(c2ccc(Br)cc2NC(=O)C(Cc2ccccc2)NC(=O)c2ccccc2F)CC1. The first-order valence-corrected chi connectivity index (χ1v) is 12.2. The molecule has 0 bridgehead atoms. The number of nitrogens with zero attached hydrogens (tertiary/aromatic N) is 1. The molecule has 6 nitrogen and oxygen atoms in total. The maximum atomic E-state index is 14.2. The summed E-state index contributed by atoms with van der Waals surface area (Å²) in [5.74, 6) is -1.52. The Morgan fingerprint density at radius 2 is 1.66 bits per heavy atom. The Kier molecular flexibility index (Phi) is 7.92. The van der Waals surface area contributed by atoms with Gasteiger partial charge < -0.3 is 15.5 Å². The lowest BCUT2D eigenvalue weighted by atomic mass is 10.0. The third-order valence-electron chi connectivity index (χ3n) is 5.90. The van der Waals surface area contributed by atoms with Gasteiger partial charge in [-0.2, -0.15) is 0 Å². The molecule has 2 amide bonds. The van der Waals surface area contributed by atoms with Gasteiger partial charge >= 0.3 is 0 Å². The molecule has 1 fully saturated rings. The molecule has 0 radical (unpaired) electrons. The number of anilines is 2. The molecule has 0 aromatic heterocycles. The van der Waals surface area contributed by atoms with E-state index < -0.39 is 23.7 Å². The maximum Gasteiger partial charge on any atom is 0.254 e. The molecule has 0 spiro atoms. The zero-order valence-electron chi connectivity index (χ0n) is 19.0. The van der Waals surface area contributed by atoms with Crippen molar-refractivity contribution in [3.63, 3.8) is 0 Å². The lowest BCUT2D eigenvalue weighted by Gasteiger charge is -2.30. The molecule has 180 valence electrons. The quantitative estimate of drug-likeness (QED) is 0.456. The fourth-order valence-electron chi connectivity index (χ4n) is 4.04. The van der Waals surface area contributed by atoms with E-state index in [4.69, 9.17) is 0 Å². The summed E-state index contributed by atoms with van der Waals surface area (Å²) in [4.78, 5) is 40.1. The Hall–Kier alpha value is -3.52. The highest BCUT2D eigenvalue weighted by Crippen LogP contribution is 2.31. The number of nitrogens with one attached hydrogen (secondary N) is 2. The number of carbonyl (C=O) groups excluding carboxylic acids is 3. The molecule has 0 aliphatic carbocycles. The van der Waals surface area contributed by atoms with Crippen LogP contribution in [0.5, 0.6) is 0 Å². The first-order chi connectivity index (χ1) is 16.9. The summed E-state index contributed by atoms with van der Waals surface area (Å²) < 4.78 is 15.0. The number of hydrogen-bond donors (Lipinski definition) is 2. The Labute approximate surface area is 211 Å². The van der Waals surface area contributed by atoms with E-state index in [1.807, 2.05) is 42.5 Å². The first-order valence-electron chi connectivity index (χ1n) is 11.4. The summed E-state index contributed by atoms with van der Waals surface area (Å²) in [6.45, 7) is 1.14. The van der Waals surface area contributed by atoms with Crippen LogP contribution >= 0.6 is 15.9 Å². The van der Waals surface area contributed by atoms with Crippen LogP contribution < -0.4 is 15.5 Å². The zero-order valence-corrected chi connectivity index (χ0v) is 20.6. The zero-order chi connectivity index (χ0) is 24.8. The van der Waals surface area contributed by atoms with Gasteiger partial charge in [-0.25, -0.2) is 4.39 Å². The summed E-state index contributed by atoms with van der Waals surface area (Å²) >= 11 is 3.45. The van der Waals surface area contributed by atoms with E-state index >= 15 is 0 Å². The van der Waals surface area contributed by atoms with Gasteiger partial charge in [0, 0.05) is 36.8 Å². The number of benzene rings is 3. The Bertz CT molecular complexity index is 1230. The predicted octanol–water partition coefficient (Wildman–Crippen LogP) is 4.74. The molecule has 4 rings (SSSR count). The molecule has 1 aliphatic rings. The number of carbonyl (C=O) groups is 3. The van der Waals surface area contributed by atoms with Crippen molar-refractivity contribution in [1.29, 1.82) is 0 Å².